The third-order valence-corrected chi connectivity index (χ3v) is 2.12. The van der Waals surface area contributed by atoms with Gasteiger partial charge in [0.2, 0.25) is 11.8 Å². The number of carbonyl (C=O) groups excluding carboxylic acids is 2. The maximum atomic E-state index is 11.5. The third kappa shape index (κ3) is 6.06. The fourth-order valence-corrected chi connectivity index (χ4v) is 1.24. The van der Waals surface area contributed by atoms with E-state index in [2.05, 4.69) is 5.32 Å². The molecule has 0 aliphatic heterocycles. The van der Waals surface area contributed by atoms with Crippen LogP contribution in [0.25, 0.3) is 0 Å². The fraction of sp³-hybridized carbons (Fsp3) is 0.800. The molecule has 0 aromatic rings. The maximum Gasteiger partial charge on any atom is 0.223 e. The molecule has 0 radical (unpaired) electrons. The average molecular weight is 216 g/mol. The smallest absolute Gasteiger partial charge is 0.223 e. The number of nitrogens with one attached hydrogen (secondary N) is 1. The Morgan fingerprint density at radius 2 is 1.80 bits per heavy atom. The highest BCUT2D eigenvalue weighted by Gasteiger charge is 2.11. The number of hydrogen-bond donors (Lipinski definition) is 2. The van der Waals surface area contributed by atoms with E-state index in [1.165, 1.54) is 0 Å². The molecule has 5 nitrogen and oxygen atoms in total. The van der Waals surface area contributed by atoms with Crippen LogP contribution in [0.5, 0.6) is 0 Å². The first-order chi connectivity index (χ1) is 7.15. The molecule has 0 rings (SSSR count). The molecule has 2 amide bonds. The Morgan fingerprint density at radius 1 is 1.20 bits per heavy atom. The Labute approximate surface area is 90.5 Å². The minimum atomic E-state index is -0.190. The molecule has 0 unspecified atom stereocenters. The van der Waals surface area contributed by atoms with Gasteiger partial charge in [-0.3, -0.25) is 9.59 Å². The topological polar surface area (TPSA) is 69.6 Å². The van der Waals surface area contributed by atoms with E-state index in [1.54, 1.807) is 4.90 Å². The summed E-state index contributed by atoms with van der Waals surface area (Å²) in [5, 5.41) is 11.0. The fourth-order valence-electron chi connectivity index (χ4n) is 1.24. The van der Waals surface area contributed by atoms with Gasteiger partial charge in [0.1, 0.15) is 0 Å². The Kier molecular flexibility index (Phi) is 7.62. The van der Waals surface area contributed by atoms with Gasteiger partial charge in [0.15, 0.2) is 0 Å². The zero-order valence-electron chi connectivity index (χ0n) is 9.45. The predicted molar refractivity (Wildman–Crippen MR) is 57.3 cm³/mol. The monoisotopic (exact) mass is 216 g/mol. The minimum Gasteiger partial charge on any atom is -0.395 e. The first-order valence-electron chi connectivity index (χ1n) is 5.31. The van der Waals surface area contributed by atoms with Crippen LogP contribution in [0.2, 0.25) is 0 Å². The van der Waals surface area contributed by atoms with E-state index in [0.29, 0.717) is 13.1 Å². The largest absolute Gasteiger partial charge is 0.395 e. The van der Waals surface area contributed by atoms with Crippen LogP contribution in [0.4, 0.5) is 0 Å². The summed E-state index contributed by atoms with van der Waals surface area (Å²) in [5.41, 5.74) is 0. The van der Waals surface area contributed by atoms with Gasteiger partial charge >= 0.3 is 0 Å². The zero-order chi connectivity index (χ0) is 11.7. The first-order valence-corrected chi connectivity index (χ1v) is 5.31. The summed E-state index contributed by atoms with van der Waals surface area (Å²) in [6.07, 6.45) is 0.425. The van der Waals surface area contributed by atoms with Crippen molar-refractivity contribution >= 4 is 11.8 Å². The van der Waals surface area contributed by atoms with Crippen molar-refractivity contribution in [2.45, 2.75) is 26.7 Å². The van der Waals surface area contributed by atoms with Gasteiger partial charge in [-0.05, 0) is 13.8 Å². The Hall–Kier alpha value is -1.10. The molecule has 0 fully saturated rings. The molecule has 0 heterocycles. The molecule has 0 saturated carbocycles. The average Bonchev–Trinajstić information content (AvgIpc) is 2.25. The van der Waals surface area contributed by atoms with Gasteiger partial charge < -0.3 is 15.3 Å². The van der Waals surface area contributed by atoms with Crippen LogP contribution in [0, 0.1) is 0 Å². The summed E-state index contributed by atoms with van der Waals surface area (Å²) in [5.74, 6) is -0.191. The third-order valence-electron chi connectivity index (χ3n) is 2.12. The number of rotatable bonds is 7. The van der Waals surface area contributed by atoms with E-state index in [9.17, 15) is 9.59 Å². The first kappa shape index (κ1) is 13.9. The number of aliphatic hydroxyl groups is 1. The summed E-state index contributed by atoms with van der Waals surface area (Å²) >= 11 is 0. The molecule has 0 saturated heterocycles. The van der Waals surface area contributed by atoms with Crippen molar-refractivity contribution in [3.05, 3.63) is 0 Å². The van der Waals surface area contributed by atoms with Crippen LogP contribution < -0.4 is 5.32 Å². The van der Waals surface area contributed by atoms with Gasteiger partial charge in [0.25, 0.3) is 0 Å². The van der Waals surface area contributed by atoms with E-state index in [-0.39, 0.29) is 37.8 Å². The number of nitrogens with zero attached hydrogens (tertiary/aromatic N) is 1. The molecule has 0 aliphatic rings. The summed E-state index contributed by atoms with van der Waals surface area (Å²) in [7, 11) is 0. The van der Waals surface area contributed by atoms with Crippen LogP contribution in [-0.2, 0) is 9.59 Å². The lowest BCUT2D eigenvalue weighted by Gasteiger charge is -2.18. The molecule has 88 valence electrons. The molecule has 0 aromatic heterocycles. The summed E-state index contributed by atoms with van der Waals surface area (Å²) in [6.45, 7) is 5.34. The van der Waals surface area contributed by atoms with Crippen molar-refractivity contribution in [2.24, 2.45) is 0 Å². The Balaban J connectivity index is 3.74. The van der Waals surface area contributed by atoms with Crippen molar-refractivity contribution in [3.8, 4) is 0 Å². The highest BCUT2D eigenvalue weighted by molar-refractivity contribution is 5.83. The van der Waals surface area contributed by atoms with E-state index in [0.717, 1.165) is 0 Å². The molecule has 5 heteroatoms. The highest BCUT2D eigenvalue weighted by Crippen LogP contribution is 1.97. The molecule has 0 spiro atoms. The quantitative estimate of drug-likeness (QED) is 0.616. The van der Waals surface area contributed by atoms with Crippen molar-refractivity contribution in [3.63, 3.8) is 0 Å². The molecular formula is C10H20N2O3. The summed E-state index contributed by atoms with van der Waals surface area (Å²) in [6, 6.07) is 0. The molecule has 15 heavy (non-hydrogen) atoms. The van der Waals surface area contributed by atoms with Gasteiger partial charge in [-0.2, -0.15) is 0 Å². The normalized spacial score (nSPS) is 9.80. The Morgan fingerprint density at radius 3 is 2.27 bits per heavy atom. The van der Waals surface area contributed by atoms with E-state index in [1.807, 2.05) is 13.8 Å². The highest BCUT2D eigenvalue weighted by atomic mass is 16.3. The van der Waals surface area contributed by atoms with Crippen LogP contribution in [0.3, 0.4) is 0 Å². The minimum absolute atomic E-state index is 0.000788. The lowest BCUT2D eigenvalue weighted by Crippen LogP contribution is -2.32. The van der Waals surface area contributed by atoms with Gasteiger partial charge in [0, 0.05) is 32.5 Å². The number of carbonyl (C=O) groups is 2. The zero-order valence-corrected chi connectivity index (χ0v) is 9.45. The molecule has 0 bridgehead atoms. The van der Waals surface area contributed by atoms with Gasteiger partial charge in [-0.1, -0.05) is 0 Å². The number of aliphatic hydroxyl groups excluding tert-OH is 1. The van der Waals surface area contributed by atoms with Crippen molar-refractivity contribution in [1.29, 1.82) is 0 Å². The van der Waals surface area contributed by atoms with Crippen molar-refractivity contribution in [1.82, 2.24) is 10.2 Å². The van der Waals surface area contributed by atoms with Gasteiger partial charge in [-0.15, -0.1) is 0 Å². The SMILES string of the molecule is CCN(CC)C(=O)CCC(=O)NCCO. The molecular weight excluding hydrogens is 196 g/mol. The second-order valence-corrected chi connectivity index (χ2v) is 3.14. The number of hydrogen-bond acceptors (Lipinski definition) is 3. The molecule has 0 aliphatic carbocycles. The molecule has 2 N–H and O–H groups in total. The van der Waals surface area contributed by atoms with Crippen LogP contribution >= 0.6 is 0 Å². The molecule has 0 atom stereocenters. The summed E-state index contributed by atoms with van der Waals surface area (Å²) < 4.78 is 0. The van der Waals surface area contributed by atoms with Gasteiger partial charge in [-0.25, -0.2) is 0 Å². The van der Waals surface area contributed by atoms with Crippen LogP contribution in [-0.4, -0.2) is 48.1 Å². The van der Waals surface area contributed by atoms with Crippen LogP contribution in [0.1, 0.15) is 26.7 Å². The van der Waals surface area contributed by atoms with E-state index in [4.69, 9.17) is 5.11 Å². The van der Waals surface area contributed by atoms with Crippen molar-refractivity contribution in [2.75, 3.05) is 26.2 Å². The standard InChI is InChI=1S/C10H20N2O3/c1-3-12(4-2)10(15)6-5-9(14)11-7-8-13/h13H,3-8H2,1-2H3,(H,11,14). The Bertz CT molecular complexity index is 203. The predicted octanol–water partition coefficient (Wildman–Crippen LogP) is -0.256. The van der Waals surface area contributed by atoms with Gasteiger partial charge in [0.05, 0.1) is 6.61 Å². The lowest BCUT2D eigenvalue weighted by atomic mass is 10.2. The maximum absolute atomic E-state index is 11.5. The second-order valence-electron chi connectivity index (χ2n) is 3.14. The van der Waals surface area contributed by atoms with Crippen molar-refractivity contribution < 1.29 is 14.7 Å². The summed E-state index contributed by atoms with van der Waals surface area (Å²) in [4.78, 5) is 24.3. The van der Waals surface area contributed by atoms with Crippen LogP contribution in [0.15, 0.2) is 0 Å². The second kappa shape index (κ2) is 8.23. The lowest BCUT2D eigenvalue weighted by molar-refractivity contribution is -0.133. The van der Waals surface area contributed by atoms with E-state index >= 15 is 0 Å². The number of amides is 2. The van der Waals surface area contributed by atoms with E-state index < -0.39 is 0 Å². The molecule has 0 aromatic carbocycles.